The normalized spacial score (nSPS) is 13.9. The van der Waals surface area contributed by atoms with Gasteiger partial charge in [-0.2, -0.15) is 0 Å². The first kappa shape index (κ1) is 28.1. The van der Waals surface area contributed by atoms with Gasteiger partial charge in [0.2, 0.25) is 0 Å². The second kappa shape index (κ2) is 13.7. The van der Waals surface area contributed by atoms with E-state index in [0.717, 1.165) is 27.1 Å². The summed E-state index contributed by atoms with van der Waals surface area (Å²) in [6, 6.07) is 18.6. The number of hydrogen-bond acceptors (Lipinski definition) is 7. The molecule has 0 saturated heterocycles. The van der Waals surface area contributed by atoms with Crippen molar-refractivity contribution in [3.63, 3.8) is 0 Å². The number of aliphatic hydroxyl groups is 1. The quantitative estimate of drug-likeness (QED) is 0.0997. The predicted octanol–water partition coefficient (Wildman–Crippen LogP) is 5.64. The Balaban J connectivity index is 1.43. The standard InChI is InChI=1S/C30H37NO6/c1-4-30(3,29(34)36-18-15-32)20-22(2)28(33)35-16-9-10-17-37-31-21-27-25-13-7-5-11-23(25)19-24-12-6-8-14-26(24)27/h5-8,11-14,19,21-22,32H,4,9-10,15-18,20H2,1-3H3. The highest BCUT2D eigenvalue weighted by Crippen LogP contribution is 2.32. The summed E-state index contributed by atoms with van der Waals surface area (Å²) in [5.74, 6) is -1.18. The van der Waals surface area contributed by atoms with Gasteiger partial charge in [0.15, 0.2) is 0 Å². The molecule has 0 spiro atoms. The zero-order valence-corrected chi connectivity index (χ0v) is 21.9. The van der Waals surface area contributed by atoms with Gasteiger partial charge in [0, 0.05) is 5.56 Å². The molecule has 2 unspecified atom stereocenters. The third-order valence-electron chi connectivity index (χ3n) is 6.70. The largest absolute Gasteiger partial charge is 0.465 e. The zero-order chi connectivity index (χ0) is 26.7. The molecule has 1 N–H and O–H groups in total. The Morgan fingerprint density at radius 1 is 0.973 bits per heavy atom. The summed E-state index contributed by atoms with van der Waals surface area (Å²) in [6.45, 7) is 5.83. The maximum atomic E-state index is 12.4. The molecule has 0 aromatic heterocycles. The van der Waals surface area contributed by atoms with Crippen molar-refractivity contribution >= 4 is 39.7 Å². The van der Waals surface area contributed by atoms with Crippen LogP contribution in [0.15, 0.2) is 59.8 Å². The molecule has 0 amide bonds. The van der Waals surface area contributed by atoms with Gasteiger partial charge in [-0.3, -0.25) is 9.59 Å². The highest BCUT2D eigenvalue weighted by molar-refractivity contribution is 6.13. The topological polar surface area (TPSA) is 94.4 Å². The van der Waals surface area contributed by atoms with Crippen LogP contribution in [0.4, 0.5) is 0 Å². The lowest BCUT2D eigenvalue weighted by atomic mass is 9.79. The highest BCUT2D eigenvalue weighted by Gasteiger charge is 2.36. The van der Waals surface area contributed by atoms with Crippen LogP contribution in [-0.2, 0) is 23.9 Å². The van der Waals surface area contributed by atoms with Crippen LogP contribution in [0.2, 0.25) is 0 Å². The highest BCUT2D eigenvalue weighted by atomic mass is 16.6. The van der Waals surface area contributed by atoms with E-state index in [1.54, 1.807) is 20.1 Å². The first-order valence-electron chi connectivity index (χ1n) is 12.9. The zero-order valence-electron chi connectivity index (χ0n) is 21.9. The smallest absolute Gasteiger partial charge is 0.311 e. The predicted molar refractivity (Wildman–Crippen MR) is 145 cm³/mol. The van der Waals surface area contributed by atoms with E-state index in [0.29, 0.717) is 32.3 Å². The lowest BCUT2D eigenvalue weighted by molar-refractivity contribution is -0.159. The van der Waals surface area contributed by atoms with Gasteiger partial charge in [0.05, 0.1) is 30.8 Å². The van der Waals surface area contributed by atoms with Crippen molar-refractivity contribution in [3.05, 3.63) is 60.2 Å². The maximum Gasteiger partial charge on any atom is 0.311 e. The molecule has 0 radical (unpaired) electrons. The van der Waals surface area contributed by atoms with Crippen LogP contribution in [0.1, 0.15) is 52.0 Å². The van der Waals surface area contributed by atoms with Gasteiger partial charge in [0.25, 0.3) is 0 Å². The van der Waals surface area contributed by atoms with Crippen molar-refractivity contribution in [2.75, 3.05) is 26.4 Å². The number of aliphatic hydroxyl groups excluding tert-OH is 1. The summed E-state index contributed by atoms with van der Waals surface area (Å²) in [5.41, 5.74) is 0.227. The van der Waals surface area contributed by atoms with E-state index in [2.05, 4.69) is 35.5 Å². The van der Waals surface area contributed by atoms with Crippen LogP contribution < -0.4 is 0 Å². The molecule has 0 aliphatic heterocycles. The maximum absolute atomic E-state index is 12.4. The molecule has 3 aromatic carbocycles. The summed E-state index contributed by atoms with van der Waals surface area (Å²) in [6.07, 6.45) is 3.96. The van der Waals surface area contributed by atoms with Crippen molar-refractivity contribution in [2.24, 2.45) is 16.5 Å². The number of fused-ring (bicyclic) bond motifs is 2. The van der Waals surface area contributed by atoms with Gasteiger partial charge in [-0.25, -0.2) is 0 Å². The minimum Gasteiger partial charge on any atom is -0.465 e. The number of esters is 2. The summed E-state index contributed by atoms with van der Waals surface area (Å²) < 4.78 is 10.5. The van der Waals surface area contributed by atoms with E-state index >= 15 is 0 Å². The monoisotopic (exact) mass is 507 g/mol. The van der Waals surface area contributed by atoms with Crippen LogP contribution >= 0.6 is 0 Å². The van der Waals surface area contributed by atoms with Crippen LogP contribution in [0.5, 0.6) is 0 Å². The molecule has 2 atom stereocenters. The molecule has 198 valence electrons. The Morgan fingerprint density at radius 2 is 1.59 bits per heavy atom. The van der Waals surface area contributed by atoms with Gasteiger partial charge < -0.3 is 19.4 Å². The molecule has 0 aliphatic carbocycles. The molecule has 3 rings (SSSR count). The SMILES string of the molecule is CCC(C)(CC(C)C(=O)OCCCCON=Cc1c2ccccc2cc2ccccc12)C(=O)OCCO. The first-order valence-corrected chi connectivity index (χ1v) is 12.9. The van der Waals surface area contributed by atoms with Gasteiger partial charge in [-0.05, 0) is 60.2 Å². The number of carbonyl (C=O) groups excluding carboxylic acids is 2. The third kappa shape index (κ3) is 7.52. The molecule has 0 aliphatic rings. The fraction of sp³-hybridized carbons (Fsp3) is 0.433. The van der Waals surface area contributed by atoms with Crippen molar-refractivity contribution in [1.29, 1.82) is 0 Å². The first-order chi connectivity index (χ1) is 17.9. The van der Waals surface area contributed by atoms with Gasteiger partial charge in [-0.15, -0.1) is 0 Å². The van der Waals surface area contributed by atoms with Crippen LogP contribution in [-0.4, -0.2) is 49.7 Å². The lowest BCUT2D eigenvalue weighted by Crippen LogP contribution is -2.34. The number of unbranched alkanes of at least 4 members (excludes halogenated alkanes) is 1. The second-order valence-corrected chi connectivity index (χ2v) is 9.55. The average Bonchev–Trinajstić information content (AvgIpc) is 2.92. The summed E-state index contributed by atoms with van der Waals surface area (Å²) in [7, 11) is 0. The summed E-state index contributed by atoms with van der Waals surface area (Å²) >= 11 is 0. The van der Waals surface area contributed by atoms with E-state index < -0.39 is 17.3 Å². The summed E-state index contributed by atoms with van der Waals surface area (Å²) in [4.78, 5) is 30.2. The third-order valence-corrected chi connectivity index (χ3v) is 6.70. The molecule has 37 heavy (non-hydrogen) atoms. The Hall–Kier alpha value is -3.45. The molecule has 7 heteroatoms. The molecular formula is C30H37NO6. The number of nitrogens with zero attached hydrogens (tertiary/aromatic N) is 1. The van der Waals surface area contributed by atoms with Crippen molar-refractivity contribution in [2.45, 2.75) is 46.5 Å². The van der Waals surface area contributed by atoms with Crippen molar-refractivity contribution in [1.82, 2.24) is 0 Å². The second-order valence-electron chi connectivity index (χ2n) is 9.55. The number of benzene rings is 3. The minimum atomic E-state index is -0.797. The Kier molecular flexibility index (Phi) is 10.4. The van der Waals surface area contributed by atoms with Gasteiger partial charge in [-0.1, -0.05) is 67.5 Å². The van der Waals surface area contributed by atoms with Crippen LogP contribution in [0.25, 0.3) is 21.5 Å². The van der Waals surface area contributed by atoms with E-state index in [-0.39, 0.29) is 25.8 Å². The molecule has 0 fully saturated rings. The number of oxime groups is 1. The van der Waals surface area contributed by atoms with E-state index in [4.69, 9.17) is 19.4 Å². The van der Waals surface area contributed by atoms with Crippen LogP contribution in [0.3, 0.4) is 0 Å². The Labute approximate surface area is 218 Å². The molecular weight excluding hydrogens is 470 g/mol. The number of hydrogen-bond donors (Lipinski definition) is 1. The fourth-order valence-corrected chi connectivity index (χ4v) is 4.36. The van der Waals surface area contributed by atoms with Crippen molar-refractivity contribution in [3.8, 4) is 0 Å². The number of ether oxygens (including phenoxy) is 2. The van der Waals surface area contributed by atoms with Gasteiger partial charge in [0.1, 0.15) is 13.2 Å². The Morgan fingerprint density at radius 3 is 2.22 bits per heavy atom. The molecule has 0 bridgehead atoms. The molecule has 3 aromatic rings. The van der Waals surface area contributed by atoms with E-state index in [9.17, 15) is 9.59 Å². The molecule has 0 heterocycles. The number of carbonyl (C=O) groups is 2. The number of rotatable bonds is 14. The van der Waals surface area contributed by atoms with Crippen LogP contribution in [0, 0.1) is 11.3 Å². The molecule has 7 nitrogen and oxygen atoms in total. The van der Waals surface area contributed by atoms with Crippen molar-refractivity contribution < 1.29 is 29.0 Å². The average molecular weight is 508 g/mol. The minimum absolute atomic E-state index is 0.0438. The molecule has 0 saturated carbocycles. The Bertz CT molecular complexity index is 1170. The lowest BCUT2D eigenvalue weighted by Gasteiger charge is -2.28. The summed E-state index contributed by atoms with van der Waals surface area (Å²) in [5, 5.41) is 17.6. The van der Waals surface area contributed by atoms with Gasteiger partial charge >= 0.3 is 11.9 Å². The fourth-order valence-electron chi connectivity index (χ4n) is 4.36. The van der Waals surface area contributed by atoms with E-state index in [1.165, 1.54) is 0 Å². The van der Waals surface area contributed by atoms with E-state index in [1.807, 2.05) is 31.2 Å².